The lowest BCUT2D eigenvalue weighted by Crippen LogP contribution is -2.16. The fraction of sp³-hybridized carbons (Fsp3) is 0.471. The van der Waals surface area contributed by atoms with Crippen LogP contribution in [0.1, 0.15) is 37.4 Å². The van der Waals surface area contributed by atoms with Crippen LogP contribution in [0.5, 0.6) is 0 Å². The minimum Gasteiger partial charge on any atom is -0.310 e. The highest BCUT2D eigenvalue weighted by molar-refractivity contribution is 5.69. The van der Waals surface area contributed by atoms with Gasteiger partial charge in [-0.1, -0.05) is 19.4 Å². The van der Waals surface area contributed by atoms with E-state index in [1.165, 1.54) is 12.8 Å². The van der Waals surface area contributed by atoms with Crippen molar-refractivity contribution in [1.82, 2.24) is 15.1 Å². The summed E-state index contributed by atoms with van der Waals surface area (Å²) >= 11 is 0. The predicted molar refractivity (Wildman–Crippen MR) is 82.5 cm³/mol. The van der Waals surface area contributed by atoms with Crippen LogP contribution in [0.2, 0.25) is 0 Å². The van der Waals surface area contributed by atoms with E-state index in [1.54, 1.807) is 12.1 Å². The molecule has 0 aliphatic heterocycles. The summed E-state index contributed by atoms with van der Waals surface area (Å²) in [6.45, 7) is 2.93. The first-order valence-corrected chi connectivity index (χ1v) is 7.72. The van der Waals surface area contributed by atoms with E-state index in [0.717, 1.165) is 41.8 Å². The Kier molecular flexibility index (Phi) is 4.06. The molecule has 1 fully saturated rings. The second kappa shape index (κ2) is 5.98. The average molecular weight is 287 g/mol. The molecule has 0 amide bonds. The number of benzene rings is 1. The predicted octanol–water partition coefficient (Wildman–Crippen LogP) is 3.43. The molecule has 1 heterocycles. The Bertz CT molecular complexity index is 629. The summed E-state index contributed by atoms with van der Waals surface area (Å²) in [5.41, 5.74) is 4.23. The SMILES string of the molecule is CCCc1nn(C)cc1-c1cc(F)ccc1CNC1CC1. The molecule has 21 heavy (non-hydrogen) atoms. The monoisotopic (exact) mass is 287 g/mol. The number of aryl methyl sites for hydroxylation is 2. The molecule has 0 spiro atoms. The Morgan fingerprint density at radius 1 is 1.33 bits per heavy atom. The maximum Gasteiger partial charge on any atom is 0.123 e. The maximum atomic E-state index is 13.7. The highest BCUT2D eigenvalue weighted by atomic mass is 19.1. The van der Waals surface area contributed by atoms with Crippen LogP contribution in [0.25, 0.3) is 11.1 Å². The third kappa shape index (κ3) is 3.32. The zero-order valence-electron chi connectivity index (χ0n) is 12.7. The third-order valence-corrected chi connectivity index (χ3v) is 3.91. The molecule has 1 N–H and O–H groups in total. The quantitative estimate of drug-likeness (QED) is 0.882. The lowest BCUT2D eigenvalue weighted by atomic mass is 9.98. The zero-order chi connectivity index (χ0) is 14.8. The van der Waals surface area contributed by atoms with Crippen molar-refractivity contribution in [2.45, 2.75) is 45.2 Å². The standard InChI is InChI=1S/C17H22FN3/c1-3-4-17-16(11-21(2)20-17)15-9-13(18)6-5-12(15)10-19-14-7-8-14/h5-6,9,11,14,19H,3-4,7-8,10H2,1-2H3. The normalized spacial score (nSPS) is 14.6. The Hall–Kier alpha value is -1.68. The first-order chi connectivity index (χ1) is 10.2. The van der Waals surface area contributed by atoms with E-state index >= 15 is 0 Å². The van der Waals surface area contributed by atoms with Crippen LogP contribution >= 0.6 is 0 Å². The van der Waals surface area contributed by atoms with Gasteiger partial charge < -0.3 is 5.32 Å². The van der Waals surface area contributed by atoms with Gasteiger partial charge in [-0.3, -0.25) is 4.68 Å². The van der Waals surface area contributed by atoms with E-state index in [0.29, 0.717) is 6.04 Å². The molecule has 3 rings (SSSR count). The molecule has 3 nitrogen and oxygen atoms in total. The molecule has 4 heteroatoms. The Morgan fingerprint density at radius 2 is 2.14 bits per heavy atom. The molecule has 112 valence electrons. The molecule has 0 unspecified atom stereocenters. The van der Waals surface area contributed by atoms with Crippen molar-refractivity contribution in [3.63, 3.8) is 0 Å². The van der Waals surface area contributed by atoms with Crippen LogP contribution in [0.3, 0.4) is 0 Å². The zero-order valence-corrected chi connectivity index (χ0v) is 12.7. The van der Waals surface area contributed by atoms with Crippen LogP contribution in [-0.2, 0) is 20.0 Å². The van der Waals surface area contributed by atoms with Gasteiger partial charge in [-0.25, -0.2) is 4.39 Å². The summed E-state index contributed by atoms with van der Waals surface area (Å²) in [7, 11) is 1.92. The molecular formula is C17H22FN3. The topological polar surface area (TPSA) is 29.9 Å². The van der Waals surface area contributed by atoms with Crippen molar-refractivity contribution in [3.05, 3.63) is 41.5 Å². The van der Waals surface area contributed by atoms with Crippen LogP contribution < -0.4 is 5.32 Å². The number of nitrogens with zero attached hydrogens (tertiary/aromatic N) is 2. The summed E-state index contributed by atoms with van der Waals surface area (Å²) in [6, 6.07) is 5.72. The van der Waals surface area contributed by atoms with Gasteiger partial charge in [0.1, 0.15) is 5.82 Å². The molecule has 1 aliphatic carbocycles. The smallest absolute Gasteiger partial charge is 0.123 e. The van der Waals surface area contributed by atoms with Gasteiger partial charge in [0, 0.05) is 31.4 Å². The maximum absolute atomic E-state index is 13.7. The fourth-order valence-electron chi connectivity index (χ4n) is 2.68. The van der Waals surface area contributed by atoms with Crippen molar-refractivity contribution in [2.24, 2.45) is 7.05 Å². The third-order valence-electron chi connectivity index (χ3n) is 3.91. The number of halogens is 1. The van der Waals surface area contributed by atoms with Crippen molar-refractivity contribution >= 4 is 0 Å². The molecule has 1 aliphatic rings. The Balaban J connectivity index is 1.96. The molecule has 0 atom stereocenters. The van der Waals surface area contributed by atoms with Crippen LogP contribution in [0.4, 0.5) is 4.39 Å². The highest BCUT2D eigenvalue weighted by Gasteiger charge is 2.21. The molecule has 1 saturated carbocycles. The summed E-state index contributed by atoms with van der Waals surface area (Å²) < 4.78 is 15.5. The van der Waals surface area contributed by atoms with Gasteiger partial charge in [-0.15, -0.1) is 0 Å². The van der Waals surface area contributed by atoms with Crippen molar-refractivity contribution in [3.8, 4) is 11.1 Å². The fourth-order valence-corrected chi connectivity index (χ4v) is 2.68. The van der Waals surface area contributed by atoms with Gasteiger partial charge in [0.25, 0.3) is 0 Å². The number of aromatic nitrogens is 2. The number of hydrogen-bond acceptors (Lipinski definition) is 2. The summed E-state index contributed by atoms with van der Waals surface area (Å²) in [6.07, 6.45) is 6.46. The lowest BCUT2D eigenvalue weighted by Gasteiger charge is -2.11. The van der Waals surface area contributed by atoms with Gasteiger partial charge >= 0.3 is 0 Å². The van der Waals surface area contributed by atoms with Crippen LogP contribution in [0, 0.1) is 5.82 Å². The van der Waals surface area contributed by atoms with Gasteiger partial charge in [0.05, 0.1) is 5.69 Å². The second-order valence-corrected chi connectivity index (χ2v) is 5.87. The number of nitrogens with one attached hydrogen (secondary N) is 1. The Labute approximate surface area is 125 Å². The number of hydrogen-bond donors (Lipinski definition) is 1. The number of rotatable bonds is 6. The molecule has 0 radical (unpaired) electrons. The molecule has 0 bridgehead atoms. The van der Waals surface area contributed by atoms with Gasteiger partial charge in [-0.05, 0) is 42.5 Å². The first-order valence-electron chi connectivity index (χ1n) is 7.72. The van der Waals surface area contributed by atoms with E-state index < -0.39 is 0 Å². The van der Waals surface area contributed by atoms with E-state index in [1.807, 2.05) is 24.0 Å². The highest BCUT2D eigenvalue weighted by Crippen LogP contribution is 2.29. The van der Waals surface area contributed by atoms with Gasteiger partial charge in [0.2, 0.25) is 0 Å². The first kappa shape index (κ1) is 14.3. The lowest BCUT2D eigenvalue weighted by molar-refractivity contribution is 0.625. The van der Waals surface area contributed by atoms with Crippen LogP contribution in [0.15, 0.2) is 24.4 Å². The van der Waals surface area contributed by atoms with E-state index in [9.17, 15) is 4.39 Å². The van der Waals surface area contributed by atoms with Gasteiger partial charge in [0.15, 0.2) is 0 Å². The molecule has 2 aromatic rings. The summed E-state index contributed by atoms with van der Waals surface area (Å²) in [5, 5.41) is 8.04. The Morgan fingerprint density at radius 3 is 2.86 bits per heavy atom. The van der Waals surface area contributed by atoms with Crippen molar-refractivity contribution in [1.29, 1.82) is 0 Å². The summed E-state index contributed by atoms with van der Waals surface area (Å²) in [4.78, 5) is 0. The van der Waals surface area contributed by atoms with Crippen LogP contribution in [-0.4, -0.2) is 15.8 Å². The summed E-state index contributed by atoms with van der Waals surface area (Å²) in [5.74, 6) is -0.188. The van der Waals surface area contributed by atoms with Crippen molar-refractivity contribution in [2.75, 3.05) is 0 Å². The van der Waals surface area contributed by atoms with E-state index in [2.05, 4.69) is 17.3 Å². The molecule has 1 aromatic carbocycles. The minimum absolute atomic E-state index is 0.188. The minimum atomic E-state index is -0.188. The van der Waals surface area contributed by atoms with E-state index in [-0.39, 0.29) is 5.82 Å². The van der Waals surface area contributed by atoms with Crippen molar-refractivity contribution < 1.29 is 4.39 Å². The largest absolute Gasteiger partial charge is 0.310 e. The molecule has 0 saturated heterocycles. The van der Waals surface area contributed by atoms with Gasteiger partial charge in [-0.2, -0.15) is 5.10 Å². The second-order valence-electron chi connectivity index (χ2n) is 5.87. The molecular weight excluding hydrogens is 265 g/mol. The molecule has 1 aromatic heterocycles. The average Bonchev–Trinajstić information content (AvgIpc) is 3.21. The van der Waals surface area contributed by atoms with E-state index in [4.69, 9.17) is 0 Å².